The van der Waals surface area contributed by atoms with Crippen LogP contribution in [0.15, 0.2) is 0 Å². The second-order valence-corrected chi connectivity index (χ2v) is 13.7. The largest absolute Gasteiger partial charge is 2.00 e. The molecule has 31 heavy (non-hydrogen) atoms. The van der Waals surface area contributed by atoms with Gasteiger partial charge in [0, 0.05) is 6.04 Å². The van der Waals surface area contributed by atoms with Gasteiger partial charge >= 0.3 is 17.1 Å². The van der Waals surface area contributed by atoms with Crippen molar-refractivity contribution in [1.82, 2.24) is 4.90 Å². The van der Waals surface area contributed by atoms with E-state index in [1.807, 2.05) is 0 Å². The summed E-state index contributed by atoms with van der Waals surface area (Å²) in [5.41, 5.74) is 3.39. The zero-order valence-corrected chi connectivity index (χ0v) is 23.9. The topological polar surface area (TPSA) is 3.24 Å². The van der Waals surface area contributed by atoms with Crippen LogP contribution in [0.4, 0.5) is 0 Å². The van der Waals surface area contributed by atoms with Crippen molar-refractivity contribution in [1.29, 1.82) is 0 Å². The molecular formula is C28H56FeNP. The van der Waals surface area contributed by atoms with E-state index in [4.69, 9.17) is 0 Å². The van der Waals surface area contributed by atoms with E-state index >= 15 is 0 Å². The smallest absolute Gasteiger partial charge is 0.358 e. The molecule has 1 nitrogen and oxygen atoms in total. The van der Waals surface area contributed by atoms with Gasteiger partial charge in [0.2, 0.25) is 0 Å². The minimum atomic E-state index is 0. The molecule has 0 radical (unpaired) electrons. The Bertz CT molecular complexity index is 388. The Balaban J connectivity index is 0.000000995. The van der Waals surface area contributed by atoms with Gasteiger partial charge in [0.25, 0.3) is 0 Å². The van der Waals surface area contributed by atoms with Crippen LogP contribution in [0.25, 0.3) is 0 Å². The molecule has 2 unspecified atom stereocenters. The zero-order chi connectivity index (χ0) is 19.8. The van der Waals surface area contributed by atoms with Crippen molar-refractivity contribution in [2.75, 3.05) is 14.1 Å². The molecule has 0 aromatic carbocycles. The molecule has 3 atom stereocenters. The molecule has 0 aromatic heterocycles. The maximum atomic E-state index is 2.51. The first-order chi connectivity index (χ1) is 13.7. The van der Waals surface area contributed by atoms with E-state index in [2.05, 4.69) is 25.9 Å². The molecule has 0 amide bonds. The Labute approximate surface area is 209 Å². The van der Waals surface area contributed by atoms with Crippen molar-refractivity contribution in [2.24, 2.45) is 5.92 Å². The summed E-state index contributed by atoms with van der Waals surface area (Å²) in [5, 5.41) is 0. The molecule has 4 aliphatic rings. The zero-order valence-electron chi connectivity index (χ0n) is 21.9. The second kappa shape index (κ2) is 17.4. The van der Waals surface area contributed by atoms with Crippen molar-refractivity contribution in [2.45, 2.75) is 146 Å². The Hall–Kier alpha value is 0.909. The molecule has 4 aliphatic carbocycles. The Morgan fingerprint density at radius 3 is 1.35 bits per heavy atom. The molecule has 0 N–H and O–H groups in total. The SMILES string of the molecule is C1CCCC1.C[C@H](C1CCCC1P(C1CCCCC1)C1CCCCC1)N(C)C.[CH3-].[CH3-].[Fe+2]. The summed E-state index contributed by atoms with van der Waals surface area (Å²) in [7, 11) is 4.90. The third-order valence-corrected chi connectivity index (χ3v) is 12.7. The van der Waals surface area contributed by atoms with Crippen LogP contribution < -0.4 is 0 Å². The third-order valence-electron chi connectivity index (χ3n) is 8.59. The van der Waals surface area contributed by atoms with Gasteiger partial charge in [-0.1, -0.05) is 85.0 Å². The van der Waals surface area contributed by atoms with E-state index in [1.54, 1.807) is 32.1 Å². The minimum absolute atomic E-state index is 0. The molecule has 0 aliphatic heterocycles. The van der Waals surface area contributed by atoms with E-state index in [0.29, 0.717) is 0 Å². The number of hydrogen-bond donors (Lipinski definition) is 0. The predicted octanol–water partition coefficient (Wildman–Crippen LogP) is 9.10. The van der Waals surface area contributed by atoms with Gasteiger partial charge in [-0.3, -0.25) is 0 Å². The average Bonchev–Trinajstić information content (AvgIpc) is 3.45. The Morgan fingerprint density at radius 2 is 0.968 bits per heavy atom. The molecule has 3 heteroatoms. The van der Waals surface area contributed by atoms with Crippen LogP contribution in [-0.2, 0) is 17.1 Å². The van der Waals surface area contributed by atoms with Crippen LogP contribution in [0.2, 0.25) is 0 Å². The summed E-state index contributed by atoms with van der Waals surface area (Å²) in [4.78, 5) is 2.51. The van der Waals surface area contributed by atoms with Gasteiger partial charge in [-0.05, 0) is 82.4 Å². The van der Waals surface area contributed by atoms with Crippen LogP contribution >= 0.6 is 7.92 Å². The minimum Gasteiger partial charge on any atom is -0.358 e. The number of nitrogens with zero attached hydrogens (tertiary/aromatic N) is 1. The first-order valence-electron chi connectivity index (χ1n) is 13.1. The summed E-state index contributed by atoms with van der Waals surface area (Å²) in [6, 6.07) is 0.791. The van der Waals surface area contributed by atoms with Gasteiger partial charge < -0.3 is 19.8 Å². The van der Waals surface area contributed by atoms with Crippen LogP contribution in [0.5, 0.6) is 0 Å². The molecule has 4 saturated carbocycles. The van der Waals surface area contributed by atoms with Crippen molar-refractivity contribution >= 4 is 7.92 Å². The van der Waals surface area contributed by atoms with Gasteiger partial charge in [0.15, 0.2) is 0 Å². The number of hydrogen-bond acceptors (Lipinski definition) is 1. The van der Waals surface area contributed by atoms with Gasteiger partial charge in [-0.2, -0.15) is 0 Å². The maximum Gasteiger partial charge on any atom is 2.00 e. The van der Waals surface area contributed by atoms with Crippen molar-refractivity contribution in [3.8, 4) is 0 Å². The van der Waals surface area contributed by atoms with Crippen LogP contribution in [0.1, 0.15) is 122 Å². The number of rotatable bonds is 5. The van der Waals surface area contributed by atoms with E-state index in [0.717, 1.165) is 28.9 Å². The molecular weight excluding hydrogens is 437 g/mol. The van der Waals surface area contributed by atoms with E-state index in [-0.39, 0.29) is 39.8 Å². The fourth-order valence-electron chi connectivity index (χ4n) is 6.77. The molecule has 0 heterocycles. The predicted molar refractivity (Wildman–Crippen MR) is 141 cm³/mol. The fourth-order valence-corrected chi connectivity index (χ4v) is 11.7. The summed E-state index contributed by atoms with van der Waals surface area (Å²) < 4.78 is 0. The molecule has 0 aromatic rings. The summed E-state index contributed by atoms with van der Waals surface area (Å²) in [6.45, 7) is 2.51. The van der Waals surface area contributed by atoms with E-state index in [9.17, 15) is 0 Å². The summed E-state index contributed by atoms with van der Waals surface area (Å²) in [6.07, 6.45) is 27.6. The van der Waals surface area contributed by atoms with Crippen LogP contribution in [-0.4, -0.2) is 42.0 Å². The Kier molecular flexibility index (Phi) is 17.9. The van der Waals surface area contributed by atoms with E-state index < -0.39 is 0 Å². The van der Waals surface area contributed by atoms with Gasteiger partial charge in [-0.25, -0.2) is 0 Å². The average molecular weight is 494 g/mol. The first kappa shape index (κ1) is 31.9. The Morgan fingerprint density at radius 1 is 0.581 bits per heavy atom. The summed E-state index contributed by atoms with van der Waals surface area (Å²) >= 11 is 0. The maximum absolute atomic E-state index is 2.51. The first-order valence-corrected chi connectivity index (χ1v) is 14.7. The quantitative estimate of drug-likeness (QED) is 0.210. The van der Waals surface area contributed by atoms with Crippen molar-refractivity contribution in [3.05, 3.63) is 14.9 Å². The fraction of sp³-hybridized carbons (Fsp3) is 0.929. The van der Waals surface area contributed by atoms with E-state index in [1.165, 1.54) is 83.5 Å². The van der Waals surface area contributed by atoms with Crippen molar-refractivity contribution < 1.29 is 17.1 Å². The molecule has 4 fully saturated rings. The molecule has 186 valence electrons. The van der Waals surface area contributed by atoms with Gasteiger partial charge in [-0.15, -0.1) is 0 Å². The molecule has 0 bridgehead atoms. The van der Waals surface area contributed by atoms with Crippen molar-refractivity contribution in [3.63, 3.8) is 0 Å². The standard InChI is InChI=1S/C21H40NP.C5H10.2CH3.Fe/c1-17(22(2)3)20-15-10-16-21(20)23(18-11-6-4-7-12-18)19-13-8-5-9-14-19;1-2-4-5-3-1;;;/h17-21H,4-16H2,1-3H3;1-5H2;2*1H3;/q;;2*-1;+2/t17-,20?,21?;;;;/m1..../s1. The van der Waals surface area contributed by atoms with Gasteiger partial charge in [0.1, 0.15) is 0 Å². The normalized spacial score (nSPS) is 28.2. The third kappa shape index (κ3) is 9.59. The van der Waals surface area contributed by atoms with Crippen LogP contribution in [0, 0.1) is 20.8 Å². The van der Waals surface area contributed by atoms with Crippen LogP contribution in [0.3, 0.4) is 0 Å². The second-order valence-electron chi connectivity index (χ2n) is 10.7. The molecule has 4 rings (SSSR count). The van der Waals surface area contributed by atoms with Gasteiger partial charge in [0.05, 0.1) is 0 Å². The molecule has 0 saturated heterocycles. The summed E-state index contributed by atoms with van der Waals surface area (Å²) in [5.74, 6) is 1.000. The monoisotopic (exact) mass is 493 g/mol. The molecule has 0 spiro atoms.